The molecular formula is C33H46N3O6P. The topological polar surface area (TPSA) is 125 Å². The zero-order valence-electron chi connectivity index (χ0n) is 25.4. The van der Waals surface area contributed by atoms with E-state index in [1.807, 2.05) is 54.6 Å². The van der Waals surface area contributed by atoms with E-state index in [2.05, 4.69) is 16.7 Å². The maximum absolute atomic E-state index is 13.3. The molecule has 1 unspecified atom stereocenters. The highest BCUT2D eigenvalue weighted by atomic mass is 31.2. The van der Waals surface area contributed by atoms with Gasteiger partial charge in [-0.05, 0) is 48.4 Å². The minimum absolute atomic E-state index is 0.0301. The number of nitrogens with zero attached hydrogens (tertiary/aromatic N) is 1. The Balaban J connectivity index is 1.26. The van der Waals surface area contributed by atoms with Crippen molar-refractivity contribution >= 4 is 43.2 Å². The molecule has 0 saturated carbocycles. The van der Waals surface area contributed by atoms with E-state index in [4.69, 9.17) is 4.52 Å². The smallest absolute Gasteiger partial charge is 0.330 e. The summed E-state index contributed by atoms with van der Waals surface area (Å²) in [5, 5.41) is 5.75. The van der Waals surface area contributed by atoms with Crippen LogP contribution >= 0.6 is 7.60 Å². The molecule has 43 heavy (non-hydrogen) atoms. The highest BCUT2D eigenvalue weighted by Crippen LogP contribution is 2.47. The Morgan fingerprint density at radius 1 is 0.814 bits per heavy atom. The van der Waals surface area contributed by atoms with Crippen molar-refractivity contribution in [3.8, 4) is 0 Å². The first-order valence-corrected chi connectivity index (χ1v) is 17.0. The Bertz CT molecular complexity index is 1290. The number of carbonyl (C=O) groups excluding carboxylic acids is 3. The number of rotatable bonds is 17. The highest BCUT2D eigenvalue weighted by molar-refractivity contribution is 7.53. The summed E-state index contributed by atoms with van der Waals surface area (Å²) >= 11 is 0. The summed E-state index contributed by atoms with van der Waals surface area (Å²) in [6, 6.07) is 15.9. The molecule has 3 N–H and O–H groups in total. The van der Waals surface area contributed by atoms with E-state index in [1.54, 1.807) is 18.7 Å². The van der Waals surface area contributed by atoms with Crippen LogP contribution in [0.2, 0.25) is 0 Å². The molecule has 0 bridgehead atoms. The number of hydrogen-bond acceptors (Lipinski definition) is 5. The van der Waals surface area contributed by atoms with Crippen LogP contribution in [0.4, 0.5) is 5.69 Å². The molecule has 0 aromatic heterocycles. The van der Waals surface area contributed by atoms with Crippen molar-refractivity contribution < 1.29 is 28.4 Å². The molecule has 0 radical (unpaired) electrons. The molecular weight excluding hydrogens is 565 g/mol. The molecule has 2 aromatic carbocycles. The molecule has 1 heterocycles. The Morgan fingerprint density at radius 3 is 2.14 bits per heavy atom. The Hall–Kier alpha value is -3.26. The Morgan fingerprint density at radius 2 is 1.42 bits per heavy atom. The number of benzene rings is 2. The minimum Gasteiger partial charge on any atom is -0.356 e. The number of fused-ring (bicyclic) bond motifs is 2. The van der Waals surface area contributed by atoms with E-state index in [0.717, 1.165) is 41.6 Å². The molecule has 0 fully saturated rings. The lowest BCUT2D eigenvalue weighted by Crippen LogP contribution is -2.35. The highest BCUT2D eigenvalue weighted by Gasteiger charge is 2.24. The largest absolute Gasteiger partial charge is 0.356 e. The molecule has 10 heteroatoms. The predicted molar refractivity (Wildman–Crippen MR) is 171 cm³/mol. The monoisotopic (exact) mass is 611 g/mol. The number of para-hydroxylation sites is 1. The van der Waals surface area contributed by atoms with Crippen LogP contribution in [0.1, 0.15) is 88.3 Å². The van der Waals surface area contributed by atoms with Gasteiger partial charge in [-0.25, -0.2) is 0 Å². The van der Waals surface area contributed by atoms with Crippen LogP contribution in [0.15, 0.2) is 48.5 Å². The van der Waals surface area contributed by atoms with Crippen LogP contribution in [0.25, 0.3) is 12.2 Å². The first-order chi connectivity index (χ1) is 20.7. The van der Waals surface area contributed by atoms with Gasteiger partial charge in [0.15, 0.2) is 0 Å². The van der Waals surface area contributed by atoms with Gasteiger partial charge >= 0.3 is 7.60 Å². The number of unbranched alkanes of at least 4 members (excludes halogenated alkanes) is 4. The van der Waals surface area contributed by atoms with E-state index in [9.17, 15) is 23.8 Å². The Labute approximate surface area is 255 Å². The van der Waals surface area contributed by atoms with Gasteiger partial charge in [0.25, 0.3) is 0 Å². The lowest BCUT2D eigenvalue weighted by molar-refractivity contribution is -0.123. The van der Waals surface area contributed by atoms with Crippen LogP contribution in [0, 0.1) is 0 Å². The van der Waals surface area contributed by atoms with E-state index in [-0.39, 0.29) is 37.3 Å². The minimum atomic E-state index is -3.49. The maximum Gasteiger partial charge on any atom is 0.330 e. The number of amides is 3. The van der Waals surface area contributed by atoms with Gasteiger partial charge in [-0.3, -0.25) is 18.9 Å². The van der Waals surface area contributed by atoms with Gasteiger partial charge in [-0.1, -0.05) is 81.3 Å². The quantitative estimate of drug-likeness (QED) is 0.148. The summed E-state index contributed by atoms with van der Waals surface area (Å²) in [6.07, 6.45) is 9.50. The van der Waals surface area contributed by atoms with E-state index >= 15 is 0 Å². The lowest BCUT2D eigenvalue weighted by atomic mass is 10.0. The van der Waals surface area contributed by atoms with Crippen LogP contribution in [0.3, 0.4) is 0 Å². The lowest BCUT2D eigenvalue weighted by Gasteiger charge is -2.27. The van der Waals surface area contributed by atoms with E-state index in [0.29, 0.717) is 45.2 Å². The standard InChI is InChI=1S/C33H46N3O6P/c1-26(2)43(40,41)42-24-12-4-3-11-22-34-31(37)17-9-10-18-32(38)35-23-21-33(39)36-25-29-15-6-5-13-27(29)19-20-28-14-7-8-16-30(28)36/h5-8,13-16,19-20,26H,3-4,9-12,17-18,21-25H2,1-2H3,(H,34,37)(H,35,38)(H,40,41). The molecule has 1 aliphatic heterocycles. The summed E-state index contributed by atoms with van der Waals surface area (Å²) in [5.41, 5.74) is 3.58. The van der Waals surface area contributed by atoms with Gasteiger partial charge < -0.3 is 25.0 Å². The summed E-state index contributed by atoms with van der Waals surface area (Å²) in [4.78, 5) is 49.1. The van der Waals surface area contributed by atoms with Crippen molar-refractivity contribution in [2.45, 2.75) is 83.8 Å². The van der Waals surface area contributed by atoms with Crippen molar-refractivity contribution in [3.05, 3.63) is 65.2 Å². The van der Waals surface area contributed by atoms with Gasteiger partial charge in [0.1, 0.15) is 0 Å². The van der Waals surface area contributed by atoms with Crippen molar-refractivity contribution in [2.75, 3.05) is 24.6 Å². The average Bonchev–Trinajstić information content (AvgIpc) is 2.97. The second-order valence-electron chi connectivity index (χ2n) is 11.1. The fourth-order valence-corrected chi connectivity index (χ4v) is 5.41. The van der Waals surface area contributed by atoms with E-state index < -0.39 is 13.3 Å². The third-order valence-electron chi connectivity index (χ3n) is 7.40. The predicted octanol–water partition coefficient (Wildman–Crippen LogP) is 6.06. The molecule has 2 aromatic rings. The molecule has 0 saturated heterocycles. The van der Waals surface area contributed by atoms with Crippen LogP contribution in [-0.4, -0.2) is 48.0 Å². The number of carbonyl (C=O) groups is 3. The second kappa shape index (κ2) is 17.8. The molecule has 3 amide bonds. The molecule has 1 aliphatic rings. The molecule has 0 spiro atoms. The summed E-state index contributed by atoms with van der Waals surface area (Å²) < 4.78 is 16.8. The Kier molecular flexibility index (Phi) is 14.1. The summed E-state index contributed by atoms with van der Waals surface area (Å²) in [7, 11) is -3.49. The number of nitrogens with one attached hydrogen (secondary N) is 2. The van der Waals surface area contributed by atoms with Crippen molar-refractivity contribution in [1.29, 1.82) is 0 Å². The number of anilines is 1. The third kappa shape index (κ3) is 11.7. The first kappa shape index (κ1) is 34.2. The van der Waals surface area contributed by atoms with Crippen molar-refractivity contribution in [1.82, 2.24) is 10.6 Å². The molecule has 9 nitrogen and oxygen atoms in total. The summed E-state index contributed by atoms with van der Waals surface area (Å²) in [5.74, 6) is -0.202. The van der Waals surface area contributed by atoms with Gasteiger partial charge in [0.05, 0.1) is 24.5 Å². The molecule has 0 aliphatic carbocycles. The fourth-order valence-electron chi connectivity index (χ4n) is 4.72. The van der Waals surface area contributed by atoms with Gasteiger partial charge in [0, 0.05) is 32.4 Å². The van der Waals surface area contributed by atoms with Gasteiger partial charge in [-0.2, -0.15) is 0 Å². The number of hydrogen-bond donors (Lipinski definition) is 3. The molecule has 3 rings (SSSR count). The van der Waals surface area contributed by atoms with Crippen LogP contribution < -0.4 is 15.5 Å². The maximum atomic E-state index is 13.3. The fraction of sp³-hybridized carbons (Fsp3) is 0.485. The van der Waals surface area contributed by atoms with Crippen LogP contribution in [-0.2, 0) is 30.0 Å². The normalized spacial score (nSPS) is 13.8. The zero-order valence-corrected chi connectivity index (χ0v) is 26.3. The third-order valence-corrected chi connectivity index (χ3v) is 9.25. The zero-order chi connectivity index (χ0) is 31.1. The van der Waals surface area contributed by atoms with Gasteiger partial charge in [0.2, 0.25) is 17.7 Å². The van der Waals surface area contributed by atoms with Crippen molar-refractivity contribution in [3.63, 3.8) is 0 Å². The van der Waals surface area contributed by atoms with Gasteiger partial charge in [-0.15, -0.1) is 0 Å². The summed E-state index contributed by atoms with van der Waals surface area (Å²) in [6.45, 7) is 4.91. The van der Waals surface area contributed by atoms with Crippen LogP contribution in [0.5, 0.6) is 0 Å². The molecule has 1 atom stereocenters. The SMILES string of the molecule is CC(C)P(=O)(O)OCCCCCCNC(=O)CCCCC(=O)NCCC(=O)N1Cc2ccccc2C=Cc2ccccc21. The van der Waals surface area contributed by atoms with E-state index in [1.165, 1.54) is 0 Å². The second-order valence-corrected chi connectivity index (χ2v) is 13.6. The first-order valence-electron chi connectivity index (χ1n) is 15.3. The van der Waals surface area contributed by atoms with Crippen molar-refractivity contribution in [2.24, 2.45) is 0 Å². The average molecular weight is 612 g/mol. The molecule has 234 valence electrons.